The Morgan fingerprint density at radius 3 is 2.82 bits per heavy atom. The molecule has 2 atom stereocenters. The van der Waals surface area contributed by atoms with Gasteiger partial charge < -0.3 is 15.8 Å². The lowest BCUT2D eigenvalue weighted by Gasteiger charge is -2.30. The fraction of sp³-hybridized carbons (Fsp3) is 0.538. The van der Waals surface area contributed by atoms with E-state index in [4.69, 9.17) is 22.1 Å². The van der Waals surface area contributed by atoms with Crippen LogP contribution in [0.4, 0.5) is 5.69 Å². The molecule has 1 aliphatic carbocycles. The highest BCUT2D eigenvalue weighted by molar-refractivity contribution is 6.30. The Bertz CT molecular complexity index is 384. The van der Waals surface area contributed by atoms with Crippen LogP contribution in [0.2, 0.25) is 5.02 Å². The minimum atomic E-state index is 0.215. The Morgan fingerprint density at radius 1 is 1.35 bits per heavy atom. The Balaban J connectivity index is 2.13. The number of halogens is 1. The summed E-state index contributed by atoms with van der Waals surface area (Å²) in [6.07, 6.45) is 4.65. The van der Waals surface area contributed by atoms with Crippen LogP contribution in [0.15, 0.2) is 18.2 Å². The second-order valence-electron chi connectivity index (χ2n) is 4.54. The number of hydrogen-bond donors (Lipinski definition) is 2. The van der Waals surface area contributed by atoms with Crippen LogP contribution >= 0.6 is 11.6 Å². The monoisotopic (exact) mass is 254 g/mol. The summed E-state index contributed by atoms with van der Waals surface area (Å²) in [5.41, 5.74) is 7.05. The van der Waals surface area contributed by atoms with Gasteiger partial charge in [-0.3, -0.25) is 0 Å². The fourth-order valence-electron chi connectivity index (χ4n) is 2.33. The first-order chi connectivity index (χ1) is 8.20. The number of anilines is 1. The van der Waals surface area contributed by atoms with Crippen LogP contribution in [0.1, 0.15) is 25.7 Å². The van der Waals surface area contributed by atoms with E-state index in [-0.39, 0.29) is 6.04 Å². The molecule has 3 N–H and O–H groups in total. The minimum Gasteiger partial charge on any atom is -0.495 e. The lowest BCUT2D eigenvalue weighted by molar-refractivity contribution is 0.396. The van der Waals surface area contributed by atoms with E-state index in [1.807, 2.05) is 18.2 Å². The highest BCUT2D eigenvalue weighted by atomic mass is 35.5. The van der Waals surface area contributed by atoms with Gasteiger partial charge in [-0.15, -0.1) is 0 Å². The second kappa shape index (κ2) is 5.61. The zero-order chi connectivity index (χ0) is 12.3. The molecule has 94 valence electrons. The third-order valence-electron chi connectivity index (χ3n) is 3.32. The molecule has 0 aromatic heterocycles. The number of hydrogen-bond acceptors (Lipinski definition) is 3. The SMILES string of the molecule is COc1ccc(Cl)cc1N[C@H]1CCCC[C@@H]1N. The van der Waals surface area contributed by atoms with Crippen molar-refractivity contribution >= 4 is 17.3 Å². The molecular formula is C13H19ClN2O. The number of methoxy groups -OCH3 is 1. The van der Waals surface area contributed by atoms with Gasteiger partial charge >= 0.3 is 0 Å². The first-order valence-electron chi connectivity index (χ1n) is 6.06. The Kier molecular flexibility index (Phi) is 4.13. The molecule has 3 nitrogen and oxygen atoms in total. The van der Waals surface area contributed by atoms with Crippen molar-refractivity contribution in [3.8, 4) is 5.75 Å². The zero-order valence-corrected chi connectivity index (χ0v) is 10.8. The van der Waals surface area contributed by atoms with E-state index in [2.05, 4.69) is 5.32 Å². The highest BCUT2D eigenvalue weighted by Gasteiger charge is 2.22. The fourth-order valence-corrected chi connectivity index (χ4v) is 2.50. The van der Waals surface area contributed by atoms with Gasteiger partial charge in [0.25, 0.3) is 0 Å². The molecule has 0 bridgehead atoms. The first-order valence-corrected chi connectivity index (χ1v) is 6.44. The minimum absolute atomic E-state index is 0.215. The number of ether oxygens (including phenoxy) is 1. The molecule has 1 aromatic carbocycles. The van der Waals surface area contributed by atoms with Crippen molar-refractivity contribution in [3.63, 3.8) is 0 Å². The largest absolute Gasteiger partial charge is 0.495 e. The van der Waals surface area contributed by atoms with Gasteiger partial charge in [0, 0.05) is 17.1 Å². The standard InChI is InChI=1S/C13H19ClN2O/c1-17-13-7-6-9(14)8-12(13)16-11-5-3-2-4-10(11)15/h6-8,10-11,16H,2-5,15H2,1H3/t10-,11-/m0/s1. The van der Waals surface area contributed by atoms with Crippen LogP contribution in [0.25, 0.3) is 0 Å². The van der Waals surface area contributed by atoms with Gasteiger partial charge in [0.1, 0.15) is 5.75 Å². The Morgan fingerprint density at radius 2 is 2.12 bits per heavy atom. The van der Waals surface area contributed by atoms with E-state index >= 15 is 0 Å². The van der Waals surface area contributed by atoms with Crippen LogP contribution in [-0.2, 0) is 0 Å². The Hall–Kier alpha value is -0.930. The summed E-state index contributed by atoms with van der Waals surface area (Å²) in [4.78, 5) is 0. The van der Waals surface area contributed by atoms with Gasteiger partial charge in [-0.2, -0.15) is 0 Å². The van der Waals surface area contributed by atoms with Gasteiger partial charge in [0.15, 0.2) is 0 Å². The van der Waals surface area contributed by atoms with E-state index in [1.54, 1.807) is 7.11 Å². The molecule has 1 aromatic rings. The van der Waals surface area contributed by atoms with Crippen LogP contribution in [0, 0.1) is 0 Å². The highest BCUT2D eigenvalue weighted by Crippen LogP contribution is 2.30. The zero-order valence-electron chi connectivity index (χ0n) is 10.1. The van der Waals surface area contributed by atoms with E-state index in [9.17, 15) is 0 Å². The van der Waals surface area contributed by atoms with E-state index in [1.165, 1.54) is 12.8 Å². The van der Waals surface area contributed by atoms with Gasteiger partial charge in [0.2, 0.25) is 0 Å². The van der Waals surface area contributed by atoms with Crippen molar-refractivity contribution in [2.75, 3.05) is 12.4 Å². The molecule has 0 radical (unpaired) electrons. The normalized spacial score (nSPS) is 24.4. The van der Waals surface area contributed by atoms with Crippen LogP contribution < -0.4 is 15.8 Å². The molecule has 1 aliphatic rings. The third-order valence-corrected chi connectivity index (χ3v) is 3.56. The smallest absolute Gasteiger partial charge is 0.142 e. The average Bonchev–Trinajstić information content (AvgIpc) is 2.32. The molecule has 2 rings (SSSR count). The summed E-state index contributed by atoms with van der Waals surface area (Å²) in [7, 11) is 1.66. The molecule has 0 heterocycles. The summed E-state index contributed by atoms with van der Waals surface area (Å²) in [5.74, 6) is 0.812. The maximum Gasteiger partial charge on any atom is 0.142 e. The van der Waals surface area contributed by atoms with Gasteiger partial charge in [0.05, 0.1) is 12.8 Å². The van der Waals surface area contributed by atoms with Crippen molar-refractivity contribution in [1.29, 1.82) is 0 Å². The predicted molar refractivity (Wildman–Crippen MR) is 71.9 cm³/mol. The van der Waals surface area contributed by atoms with Gasteiger partial charge in [-0.05, 0) is 31.0 Å². The quantitative estimate of drug-likeness (QED) is 0.872. The lowest BCUT2D eigenvalue weighted by atomic mass is 9.91. The van der Waals surface area contributed by atoms with E-state index in [0.29, 0.717) is 11.1 Å². The molecule has 0 unspecified atom stereocenters. The second-order valence-corrected chi connectivity index (χ2v) is 4.98. The molecule has 4 heteroatoms. The summed E-state index contributed by atoms with van der Waals surface area (Å²) in [6.45, 7) is 0. The van der Waals surface area contributed by atoms with Crippen LogP contribution in [0.3, 0.4) is 0 Å². The number of benzene rings is 1. The van der Waals surface area contributed by atoms with E-state index in [0.717, 1.165) is 24.3 Å². The van der Waals surface area contributed by atoms with Crippen molar-refractivity contribution < 1.29 is 4.74 Å². The van der Waals surface area contributed by atoms with Crippen molar-refractivity contribution in [2.24, 2.45) is 5.73 Å². The van der Waals surface area contributed by atoms with Crippen molar-refractivity contribution in [2.45, 2.75) is 37.8 Å². The first kappa shape index (κ1) is 12.5. The summed E-state index contributed by atoms with van der Waals surface area (Å²) < 4.78 is 5.32. The topological polar surface area (TPSA) is 47.3 Å². The average molecular weight is 255 g/mol. The maximum atomic E-state index is 6.12. The summed E-state index contributed by atoms with van der Waals surface area (Å²) in [6, 6.07) is 6.12. The van der Waals surface area contributed by atoms with Crippen molar-refractivity contribution in [1.82, 2.24) is 0 Å². The number of nitrogens with one attached hydrogen (secondary N) is 1. The van der Waals surface area contributed by atoms with Crippen LogP contribution in [0.5, 0.6) is 5.75 Å². The number of nitrogens with two attached hydrogens (primary N) is 1. The molecule has 0 saturated heterocycles. The molecular weight excluding hydrogens is 236 g/mol. The van der Waals surface area contributed by atoms with Crippen molar-refractivity contribution in [3.05, 3.63) is 23.2 Å². The van der Waals surface area contributed by atoms with Crippen LogP contribution in [-0.4, -0.2) is 19.2 Å². The van der Waals surface area contributed by atoms with Gasteiger partial charge in [-0.25, -0.2) is 0 Å². The molecule has 1 fully saturated rings. The summed E-state index contributed by atoms with van der Waals surface area (Å²) in [5, 5.41) is 4.16. The Labute approximate surface area is 107 Å². The molecule has 0 amide bonds. The third kappa shape index (κ3) is 3.05. The van der Waals surface area contributed by atoms with E-state index < -0.39 is 0 Å². The molecule has 17 heavy (non-hydrogen) atoms. The predicted octanol–water partition coefficient (Wildman–Crippen LogP) is 3.03. The maximum absolute atomic E-state index is 6.12. The molecule has 0 spiro atoms. The van der Waals surface area contributed by atoms with Gasteiger partial charge in [-0.1, -0.05) is 24.4 Å². The molecule has 1 saturated carbocycles. The molecule has 0 aliphatic heterocycles. The lowest BCUT2D eigenvalue weighted by Crippen LogP contribution is -2.42. The number of rotatable bonds is 3. The summed E-state index contributed by atoms with van der Waals surface area (Å²) >= 11 is 6.00.